The Morgan fingerprint density at radius 1 is 1.13 bits per heavy atom. The van der Waals surface area contributed by atoms with Crippen LogP contribution in [0, 0.1) is 18.2 Å². The van der Waals surface area contributed by atoms with E-state index in [1.165, 1.54) is 0 Å². The molecule has 2 aromatic rings. The van der Waals surface area contributed by atoms with Crippen molar-refractivity contribution in [2.75, 3.05) is 36.8 Å². The predicted molar refractivity (Wildman–Crippen MR) is 129 cm³/mol. The van der Waals surface area contributed by atoms with Crippen LogP contribution in [0.15, 0.2) is 41.3 Å². The second-order valence-corrected chi connectivity index (χ2v) is 11.5. The number of halogens is 4. The maximum atomic E-state index is 14.8. The van der Waals surface area contributed by atoms with E-state index in [2.05, 4.69) is 6.92 Å². The Kier molecular flexibility index (Phi) is 6.43. The van der Waals surface area contributed by atoms with Crippen LogP contribution in [0.5, 0.6) is 0 Å². The fraction of sp³-hybridized carbons (Fsp3) is 0.435. The van der Waals surface area contributed by atoms with E-state index in [9.17, 15) is 9.18 Å². The molecule has 1 amide bonds. The van der Waals surface area contributed by atoms with Crippen LogP contribution in [-0.4, -0.2) is 47.1 Å². The summed E-state index contributed by atoms with van der Waals surface area (Å²) in [5.41, 5.74) is 1.98. The quantitative estimate of drug-likeness (QED) is 0.348. The topological polar surface area (TPSA) is 23.6 Å². The lowest BCUT2D eigenvalue weighted by Crippen LogP contribution is -2.49. The Hall–Kier alpha value is -1.14. The van der Waals surface area contributed by atoms with Crippen molar-refractivity contribution in [3.63, 3.8) is 0 Å². The lowest BCUT2D eigenvalue weighted by molar-refractivity contribution is 0.0746. The molecule has 1 aliphatic carbocycles. The molecule has 0 aromatic heterocycles. The molecule has 0 N–H and O–H groups in total. The number of aryl methyl sites for hydroxylation is 1. The highest BCUT2D eigenvalue weighted by molar-refractivity contribution is 7.99. The van der Waals surface area contributed by atoms with Crippen LogP contribution >= 0.6 is 46.6 Å². The molecule has 2 aromatic carbocycles. The minimum absolute atomic E-state index is 0.0275. The molecule has 166 valence electrons. The summed E-state index contributed by atoms with van der Waals surface area (Å²) in [6.07, 6.45) is 0.771. The van der Waals surface area contributed by atoms with Crippen molar-refractivity contribution < 1.29 is 9.18 Å². The van der Waals surface area contributed by atoms with Crippen molar-refractivity contribution in [1.29, 1.82) is 0 Å². The van der Waals surface area contributed by atoms with Crippen molar-refractivity contribution >= 4 is 58.2 Å². The second kappa shape index (κ2) is 8.66. The molecule has 1 atom stereocenters. The minimum atomic E-state index is -0.663. The third kappa shape index (κ3) is 4.80. The van der Waals surface area contributed by atoms with Gasteiger partial charge in [0.15, 0.2) is 0 Å². The predicted octanol–water partition coefficient (Wildman–Crippen LogP) is 6.43. The van der Waals surface area contributed by atoms with Crippen LogP contribution in [0.3, 0.4) is 0 Å². The lowest BCUT2D eigenvalue weighted by atomic mass is 10.1. The Bertz CT molecular complexity index is 993. The zero-order valence-corrected chi connectivity index (χ0v) is 20.5. The van der Waals surface area contributed by atoms with Crippen LogP contribution in [-0.2, 0) is 0 Å². The van der Waals surface area contributed by atoms with Gasteiger partial charge in [0.1, 0.15) is 10.2 Å². The fourth-order valence-corrected chi connectivity index (χ4v) is 6.12. The number of anilines is 1. The summed E-state index contributed by atoms with van der Waals surface area (Å²) in [7, 11) is 0. The Morgan fingerprint density at radius 2 is 1.74 bits per heavy atom. The zero-order chi connectivity index (χ0) is 22.4. The summed E-state index contributed by atoms with van der Waals surface area (Å²) < 4.78 is 14.1. The summed E-state index contributed by atoms with van der Waals surface area (Å²) >= 11 is 20.1. The second-order valence-electron chi connectivity index (χ2n) is 8.59. The van der Waals surface area contributed by atoms with Gasteiger partial charge in [-0.15, -0.1) is 35.0 Å². The van der Waals surface area contributed by atoms with Gasteiger partial charge >= 0.3 is 0 Å². The number of amides is 1. The van der Waals surface area contributed by atoms with E-state index in [4.69, 9.17) is 34.8 Å². The SMILES string of the molecule is Cc1cc(F)c(N2CCN(C(=O)c3ccc(Cl)cc3)CC2)cc1SCC1(C)CC1(Cl)Cl. The first-order valence-electron chi connectivity index (χ1n) is 10.2. The van der Waals surface area contributed by atoms with Gasteiger partial charge in [-0.3, -0.25) is 4.79 Å². The van der Waals surface area contributed by atoms with Crippen LogP contribution < -0.4 is 4.90 Å². The molecule has 0 spiro atoms. The van der Waals surface area contributed by atoms with Crippen molar-refractivity contribution in [2.45, 2.75) is 29.5 Å². The Labute approximate surface area is 201 Å². The third-order valence-electron chi connectivity index (χ3n) is 6.16. The summed E-state index contributed by atoms with van der Waals surface area (Å²) in [6.45, 7) is 6.23. The Balaban J connectivity index is 1.42. The number of piperazine rings is 1. The van der Waals surface area contributed by atoms with E-state index in [1.54, 1.807) is 47.0 Å². The van der Waals surface area contributed by atoms with Gasteiger partial charge in [-0.25, -0.2) is 4.39 Å². The molecule has 4 rings (SSSR count). The molecule has 8 heteroatoms. The highest BCUT2D eigenvalue weighted by atomic mass is 35.5. The molecule has 3 nitrogen and oxygen atoms in total. The number of hydrogen-bond donors (Lipinski definition) is 0. The molecule has 31 heavy (non-hydrogen) atoms. The molecule has 1 unspecified atom stereocenters. The van der Waals surface area contributed by atoms with Gasteiger partial charge in [0.25, 0.3) is 5.91 Å². The maximum absolute atomic E-state index is 14.8. The molecule has 2 aliphatic rings. The van der Waals surface area contributed by atoms with Crippen LogP contribution in [0.2, 0.25) is 5.02 Å². The summed E-state index contributed by atoms with van der Waals surface area (Å²) in [4.78, 5) is 17.6. The van der Waals surface area contributed by atoms with Crippen molar-refractivity contribution in [2.24, 2.45) is 5.41 Å². The van der Waals surface area contributed by atoms with E-state index in [-0.39, 0.29) is 17.1 Å². The molecular formula is C23H24Cl3FN2OS. The number of thioether (sulfide) groups is 1. The zero-order valence-electron chi connectivity index (χ0n) is 17.4. The maximum Gasteiger partial charge on any atom is 0.253 e. The molecule has 2 fully saturated rings. The smallest absolute Gasteiger partial charge is 0.253 e. The molecule has 0 radical (unpaired) electrons. The molecular weight excluding hydrogens is 478 g/mol. The molecule has 0 bridgehead atoms. The Morgan fingerprint density at radius 3 is 2.32 bits per heavy atom. The molecule has 1 saturated carbocycles. The van der Waals surface area contributed by atoms with Gasteiger partial charge in [0.05, 0.1) is 5.69 Å². The van der Waals surface area contributed by atoms with E-state index in [1.807, 2.05) is 17.9 Å². The first kappa shape index (κ1) is 23.0. The number of carbonyl (C=O) groups excluding carboxylic acids is 1. The molecule has 1 aliphatic heterocycles. The van der Waals surface area contributed by atoms with E-state index >= 15 is 0 Å². The highest BCUT2D eigenvalue weighted by Crippen LogP contribution is 2.65. The third-order valence-corrected chi connectivity index (χ3v) is 9.12. The monoisotopic (exact) mass is 500 g/mol. The van der Waals surface area contributed by atoms with Crippen LogP contribution in [0.4, 0.5) is 10.1 Å². The van der Waals surface area contributed by atoms with Crippen molar-refractivity contribution in [3.05, 3.63) is 58.4 Å². The van der Waals surface area contributed by atoms with Gasteiger partial charge in [-0.05, 0) is 55.3 Å². The summed E-state index contributed by atoms with van der Waals surface area (Å²) in [6, 6.07) is 10.4. The first-order chi connectivity index (χ1) is 14.6. The largest absolute Gasteiger partial charge is 0.366 e. The lowest BCUT2D eigenvalue weighted by Gasteiger charge is -2.36. The highest BCUT2D eigenvalue weighted by Gasteiger charge is 2.62. The average Bonchev–Trinajstić information content (AvgIpc) is 3.25. The normalized spacial score (nSPS) is 22.5. The first-order valence-corrected chi connectivity index (χ1v) is 12.3. The standard InChI is InChI=1S/C23H24Cl3FN2OS/c1-15-11-18(27)19(12-20(15)31-14-22(2)13-23(22,25)26)28-7-9-29(10-8-28)21(30)16-3-5-17(24)6-4-16/h3-6,11-12H,7-10,13-14H2,1-2H3. The van der Waals surface area contributed by atoms with Gasteiger partial charge in [-0.2, -0.15) is 0 Å². The summed E-state index contributed by atoms with van der Waals surface area (Å²) in [5.74, 6) is 0.524. The molecule has 1 heterocycles. The average molecular weight is 502 g/mol. The summed E-state index contributed by atoms with van der Waals surface area (Å²) in [5, 5.41) is 0.600. The van der Waals surface area contributed by atoms with Crippen molar-refractivity contribution in [3.8, 4) is 0 Å². The van der Waals surface area contributed by atoms with Crippen LogP contribution in [0.1, 0.15) is 29.3 Å². The van der Waals surface area contributed by atoms with E-state index in [0.29, 0.717) is 42.5 Å². The van der Waals surface area contributed by atoms with Crippen molar-refractivity contribution in [1.82, 2.24) is 4.90 Å². The van der Waals surface area contributed by atoms with Gasteiger partial charge in [0, 0.05) is 52.8 Å². The van der Waals surface area contributed by atoms with Gasteiger partial charge < -0.3 is 9.80 Å². The number of nitrogens with zero attached hydrogens (tertiary/aromatic N) is 2. The minimum Gasteiger partial charge on any atom is -0.366 e. The number of alkyl halides is 2. The number of rotatable bonds is 5. The fourth-order valence-electron chi connectivity index (χ4n) is 3.80. The van der Waals surface area contributed by atoms with Crippen LogP contribution in [0.25, 0.3) is 0 Å². The number of carbonyl (C=O) groups is 1. The van der Waals surface area contributed by atoms with E-state index < -0.39 is 4.33 Å². The van der Waals surface area contributed by atoms with Gasteiger partial charge in [-0.1, -0.05) is 18.5 Å². The number of benzene rings is 2. The van der Waals surface area contributed by atoms with Gasteiger partial charge in [0.2, 0.25) is 0 Å². The molecule has 1 saturated heterocycles. The van der Waals surface area contributed by atoms with E-state index in [0.717, 1.165) is 22.6 Å². The number of hydrogen-bond acceptors (Lipinski definition) is 3.